The molecule has 1 fully saturated rings. The van der Waals surface area contributed by atoms with Crippen molar-refractivity contribution in [1.82, 2.24) is 4.90 Å². The van der Waals surface area contributed by atoms with E-state index in [2.05, 4.69) is 39.0 Å². The van der Waals surface area contributed by atoms with Crippen molar-refractivity contribution in [2.24, 2.45) is 0 Å². The van der Waals surface area contributed by atoms with E-state index in [-0.39, 0.29) is 6.42 Å². The minimum Gasteiger partial charge on any atom is -0.481 e. The van der Waals surface area contributed by atoms with E-state index in [0.29, 0.717) is 18.6 Å². The number of carboxylic acids is 1. The van der Waals surface area contributed by atoms with Crippen LogP contribution in [0.15, 0.2) is 22.7 Å². The molecule has 1 aromatic carbocycles. The van der Waals surface area contributed by atoms with Crippen molar-refractivity contribution in [2.75, 3.05) is 6.54 Å². The lowest BCUT2D eigenvalue weighted by molar-refractivity contribution is -0.137. The predicted molar refractivity (Wildman–Crippen MR) is 77.2 cm³/mol. The van der Waals surface area contributed by atoms with E-state index in [1.54, 1.807) is 0 Å². The molecule has 1 unspecified atom stereocenters. The summed E-state index contributed by atoms with van der Waals surface area (Å²) in [7, 11) is 0. The number of halogens is 1. The minimum absolute atomic E-state index is 0.249. The lowest BCUT2D eigenvalue weighted by atomic mass is 10.1. The first-order valence-corrected chi connectivity index (χ1v) is 7.70. The van der Waals surface area contributed by atoms with Gasteiger partial charge in [0.15, 0.2) is 0 Å². The molecule has 1 atom stereocenters. The van der Waals surface area contributed by atoms with Crippen LogP contribution in [0.25, 0.3) is 0 Å². The van der Waals surface area contributed by atoms with Gasteiger partial charge in [0.2, 0.25) is 0 Å². The number of carboxylic acid groups (broad SMARTS) is 1. The third-order valence-corrected chi connectivity index (χ3v) is 4.64. The van der Waals surface area contributed by atoms with Crippen LogP contribution in [0.1, 0.15) is 42.9 Å². The molecular formula is C15H18BrNO2. The van der Waals surface area contributed by atoms with Gasteiger partial charge in [-0.05, 0) is 48.9 Å². The number of nitrogens with zero attached hydrogens (tertiary/aromatic N) is 1. The third kappa shape index (κ3) is 2.84. The summed E-state index contributed by atoms with van der Waals surface area (Å²) in [5.41, 5.74) is 2.82. The highest BCUT2D eigenvalue weighted by molar-refractivity contribution is 9.10. The van der Waals surface area contributed by atoms with E-state index >= 15 is 0 Å². The van der Waals surface area contributed by atoms with Crippen LogP contribution in [-0.4, -0.2) is 28.6 Å². The molecule has 2 aliphatic carbocycles. The zero-order chi connectivity index (χ0) is 13.4. The van der Waals surface area contributed by atoms with Crippen molar-refractivity contribution in [2.45, 2.75) is 44.2 Å². The molecule has 0 saturated heterocycles. The number of aliphatic carboxylic acids is 1. The standard InChI is InChI=1S/C15H18BrNO2/c16-11-2-5-13-10(9-11)1-6-14(13)17(12-3-4-12)8-7-15(18)19/h2,5,9,12,14H,1,3-4,6-8H2,(H,18,19). The van der Waals surface area contributed by atoms with E-state index < -0.39 is 5.97 Å². The average Bonchev–Trinajstić information content (AvgIpc) is 3.11. The molecule has 0 aromatic heterocycles. The van der Waals surface area contributed by atoms with Gasteiger partial charge in [0.25, 0.3) is 0 Å². The number of aryl methyl sites for hydroxylation is 1. The topological polar surface area (TPSA) is 40.5 Å². The van der Waals surface area contributed by atoms with Gasteiger partial charge in [0, 0.05) is 23.1 Å². The van der Waals surface area contributed by atoms with Crippen LogP contribution in [0.5, 0.6) is 0 Å². The van der Waals surface area contributed by atoms with Crippen LogP contribution in [0.4, 0.5) is 0 Å². The second kappa shape index (κ2) is 5.25. The Kier molecular flexibility index (Phi) is 3.63. The number of hydrogen-bond donors (Lipinski definition) is 1. The number of hydrogen-bond acceptors (Lipinski definition) is 2. The summed E-state index contributed by atoms with van der Waals surface area (Å²) in [6.45, 7) is 0.681. The van der Waals surface area contributed by atoms with Gasteiger partial charge in [0.05, 0.1) is 6.42 Å². The summed E-state index contributed by atoms with van der Waals surface area (Å²) >= 11 is 3.52. The number of benzene rings is 1. The maximum atomic E-state index is 10.8. The largest absolute Gasteiger partial charge is 0.481 e. The van der Waals surface area contributed by atoms with Gasteiger partial charge < -0.3 is 5.11 Å². The van der Waals surface area contributed by atoms with Crippen molar-refractivity contribution in [3.63, 3.8) is 0 Å². The summed E-state index contributed by atoms with van der Waals surface area (Å²) in [4.78, 5) is 13.2. The third-order valence-electron chi connectivity index (χ3n) is 4.15. The Bertz CT molecular complexity index is 499. The lowest BCUT2D eigenvalue weighted by Crippen LogP contribution is -2.32. The molecule has 0 amide bonds. The van der Waals surface area contributed by atoms with Crippen LogP contribution in [0, 0.1) is 0 Å². The lowest BCUT2D eigenvalue weighted by Gasteiger charge is -2.29. The summed E-state index contributed by atoms with van der Waals surface area (Å²) in [6.07, 6.45) is 4.93. The molecule has 4 heteroatoms. The SMILES string of the molecule is O=C(O)CCN(C1CC1)C1CCc2cc(Br)ccc21. The van der Waals surface area contributed by atoms with Crippen LogP contribution >= 0.6 is 15.9 Å². The van der Waals surface area contributed by atoms with Gasteiger partial charge in [-0.1, -0.05) is 22.0 Å². The van der Waals surface area contributed by atoms with Gasteiger partial charge in [-0.2, -0.15) is 0 Å². The molecule has 3 nitrogen and oxygen atoms in total. The van der Waals surface area contributed by atoms with E-state index in [1.807, 2.05) is 0 Å². The Hall–Kier alpha value is -0.870. The summed E-state index contributed by atoms with van der Waals surface area (Å²) in [6, 6.07) is 7.54. The maximum Gasteiger partial charge on any atom is 0.304 e. The van der Waals surface area contributed by atoms with Crippen molar-refractivity contribution in [1.29, 1.82) is 0 Å². The van der Waals surface area contributed by atoms with Crippen molar-refractivity contribution >= 4 is 21.9 Å². The van der Waals surface area contributed by atoms with Gasteiger partial charge >= 0.3 is 5.97 Å². The van der Waals surface area contributed by atoms with Crippen molar-refractivity contribution in [3.8, 4) is 0 Å². The average molecular weight is 324 g/mol. The fraction of sp³-hybridized carbons (Fsp3) is 0.533. The molecule has 3 rings (SSSR count). The highest BCUT2D eigenvalue weighted by Crippen LogP contribution is 2.42. The smallest absolute Gasteiger partial charge is 0.304 e. The second-order valence-electron chi connectivity index (χ2n) is 5.51. The Morgan fingerprint density at radius 2 is 2.16 bits per heavy atom. The zero-order valence-electron chi connectivity index (χ0n) is 10.8. The maximum absolute atomic E-state index is 10.8. The summed E-state index contributed by atoms with van der Waals surface area (Å²) in [5, 5.41) is 8.91. The molecule has 102 valence electrons. The molecule has 2 aliphatic rings. The normalized spacial score (nSPS) is 21.7. The monoisotopic (exact) mass is 323 g/mol. The molecule has 0 aliphatic heterocycles. The number of fused-ring (bicyclic) bond motifs is 1. The summed E-state index contributed by atoms with van der Waals surface area (Å²) in [5.74, 6) is -0.695. The highest BCUT2D eigenvalue weighted by Gasteiger charge is 2.37. The fourth-order valence-electron chi connectivity index (χ4n) is 3.13. The predicted octanol–water partition coefficient (Wildman–Crippen LogP) is 3.38. The molecule has 0 spiro atoms. The van der Waals surface area contributed by atoms with Crippen LogP contribution in [0.2, 0.25) is 0 Å². The van der Waals surface area contributed by atoms with Gasteiger partial charge in [-0.3, -0.25) is 9.69 Å². The number of rotatable bonds is 5. The number of carbonyl (C=O) groups is 1. The van der Waals surface area contributed by atoms with Gasteiger partial charge in [-0.25, -0.2) is 0 Å². The van der Waals surface area contributed by atoms with Gasteiger partial charge in [0.1, 0.15) is 0 Å². The molecular weight excluding hydrogens is 306 g/mol. The fourth-order valence-corrected chi connectivity index (χ4v) is 3.54. The van der Waals surface area contributed by atoms with Crippen molar-refractivity contribution in [3.05, 3.63) is 33.8 Å². The quantitative estimate of drug-likeness (QED) is 0.903. The molecule has 19 heavy (non-hydrogen) atoms. The zero-order valence-corrected chi connectivity index (χ0v) is 12.4. The molecule has 1 aromatic rings. The molecule has 1 N–H and O–H groups in total. The molecule has 0 radical (unpaired) electrons. The Morgan fingerprint density at radius 1 is 1.37 bits per heavy atom. The minimum atomic E-state index is -0.695. The molecule has 0 heterocycles. The molecule has 0 bridgehead atoms. The first kappa shape index (κ1) is 13.1. The first-order valence-electron chi connectivity index (χ1n) is 6.91. The van der Waals surface area contributed by atoms with Crippen LogP contribution < -0.4 is 0 Å². The summed E-state index contributed by atoms with van der Waals surface area (Å²) < 4.78 is 1.13. The Morgan fingerprint density at radius 3 is 2.84 bits per heavy atom. The van der Waals surface area contributed by atoms with Crippen LogP contribution in [-0.2, 0) is 11.2 Å². The van der Waals surface area contributed by atoms with E-state index in [9.17, 15) is 4.79 Å². The highest BCUT2D eigenvalue weighted by atomic mass is 79.9. The Labute approximate surface area is 121 Å². The first-order chi connectivity index (χ1) is 9.15. The molecule has 1 saturated carbocycles. The second-order valence-corrected chi connectivity index (χ2v) is 6.43. The van der Waals surface area contributed by atoms with E-state index in [1.165, 1.54) is 24.0 Å². The Balaban J connectivity index is 1.79. The van der Waals surface area contributed by atoms with Crippen molar-refractivity contribution < 1.29 is 9.90 Å². The van der Waals surface area contributed by atoms with Crippen LogP contribution in [0.3, 0.4) is 0 Å². The van der Waals surface area contributed by atoms with Gasteiger partial charge in [-0.15, -0.1) is 0 Å². The van der Waals surface area contributed by atoms with E-state index in [4.69, 9.17) is 5.11 Å². The van der Waals surface area contributed by atoms with E-state index in [0.717, 1.165) is 17.3 Å².